The van der Waals surface area contributed by atoms with Gasteiger partial charge in [0, 0.05) is 30.8 Å². The highest BCUT2D eigenvalue weighted by molar-refractivity contribution is 5.72. The second kappa shape index (κ2) is 8.59. The molecule has 0 radical (unpaired) electrons. The van der Waals surface area contributed by atoms with E-state index in [0.717, 1.165) is 35.5 Å². The zero-order chi connectivity index (χ0) is 22.9. The number of tetrazole rings is 1. The molecule has 0 saturated heterocycles. The Morgan fingerprint density at radius 2 is 2.00 bits per heavy atom. The van der Waals surface area contributed by atoms with Crippen LogP contribution < -0.4 is 5.32 Å². The van der Waals surface area contributed by atoms with E-state index < -0.39 is 0 Å². The number of anilines is 1. The van der Waals surface area contributed by atoms with Gasteiger partial charge >= 0.3 is 0 Å². The minimum Gasteiger partial charge on any atom is -0.393 e. The Hall–Kier alpha value is -4.26. The summed E-state index contributed by atoms with van der Waals surface area (Å²) in [4.78, 5) is 8.98. The standard InChI is InChI=1S/C21H22N12O/c34-17-6-3-15(9-17)24-21-22-11-18-20(25-21)33(31-26-18)16-4-1-13(2-5-16)14-10-23-32(12-14)8-7-19-27-29-30-28-19/h1-2,4-5,10-12,15,17,34H,3,6-9H2,(H,22,24,25)(H,27,28,29,30)/t15-,17-/m0/s1. The van der Waals surface area contributed by atoms with Gasteiger partial charge in [-0.25, -0.2) is 10.1 Å². The third-order valence-corrected chi connectivity index (χ3v) is 5.98. The molecule has 3 N–H and O–H groups in total. The average molecular weight is 458 g/mol. The number of nitrogens with one attached hydrogen (secondary N) is 2. The van der Waals surface area contributed by atoms with Gasteiger partial charge in [-0.05, 0) is 47.4 Å². The first-order valence-corrected chi connectivity index (χ1v) is 11.1. The van der Waals surface area contributed by atoms with E-state index in [1.54, 1.807) is 10.9 Å². The number of aliphatic hydroxyl groups is 1. The fraction of sp³-hybridized carbons (Fsp3) is 0.333. The van der Waals surface area contributed by atoms with Crippen molar-refractivity contribution in [1.29, 1.82) is 0 Å². The van der Waals surface area contributed by atoms with Crippen molar-refractivity contribution in [3.8, 4) is 16.8 Å². The molecule has 1 aliphatic rings. The number of fused-ring (bicyclic) bond motifs is 1. The first kappa shape index (κ1) is 20.4. The molecular formula is C21H22N12O. The molecule has 6 rings (SSSR count). The number of H-pyrrole nitrogens is 1. The highest BCUT2D eigenvalue weighted by Crippen LogP contribution is 2.24. The maximum Gasteiger partial charge on any atom is 0.225 e. The zero-order valence-corrected chi connectivity index (χ0v) is 18.2. The van der Waals surface area contributed by atoms with Gasteiger partial charge in [-0.1, -0.05) is 17.3 Å². The summed E-state index contributed by atoms with van der Waals surface area (Å²) in [5.74, 6) is 1.24. The number of nitrogens with zero attached hydrogens (tertiary/aromatic N) is 10. The molecule has 1 saturated carbocycles. The molecule has 13 nitrogen and oxygen atoms in total. The quantitative estimate of drug-likeness (QED) is 0.323. The van der Waals surface area contributed by atoms with E-state index in [9.17, 15) is 5.11 Å². The first-order valence-electron chi connectivity index (χ1n) is 11.1. The molecule has 2 atom stereocenters. The lowest BCUT2D eigenvalue weighted by molar-refractivity contribution is 0.182. The van der Waals surface area contributed by atoms with E-state index in [-0.39, 0.29) is 12.1 Å². The monoisotopic (exact) mass is 458 g/mol. The minimum atomic E-state index is -0.260. The number of benzene rings is 1. The molecule has 1 fully saturated rings. The highest BCUT2D eigenvalue weighted by Gasteiger charge is 2.23. The Morgan fingerprint density at radius 3 is 2.79 bits per heavy atom. The van der Waals surface area contributed by atoms with Gasteiger partial charge in [-0.15, -0.1) is 10.2 Å². The summed E-state index contributed by atoms with van der Waals surface area (Å²) in [6.07, 6.45) is 8.31. The summed E-state index contributed by atoms with van der Waals surface area (Å²) in [6, 6.07) is 8.16. The van der Waals surface area contributed by atoms with Gasteiger partial charge in [0.25, 0.3) is 0 Å². The van der Waals surface area contributed by atoms with Crippen molar-refractivity contribution in [3.05, 3.63) is 48.7 Å². The molecule has 0 amide bonds. The molecular weight excluding hydrogens is 436 g/mol. The van der Waals surface area contributed by atoms with Crippen molar-refractivity contribution in [2.24, 2.45) is 0 Å². The van der Waals surface area contributed by atoms with Gasteiger partial charge in [0.05, 0.1) is 24.2 Å². The van der Waals surface area contributed by atoms with Crippen molar-refractivity contribution < 1.29 is 5.11 Å². The van der Waals surface area contributed by atoms with E-state index >= 15 is 0 Å². The van der Waals surface area contributed by atoms with Crippen LogP contribution in [0.15, 0.2) is 42.9 Å². The van der Waals surface area contributed by atoms with Crippen molar-refractivity contribution in [3.63, 3.8) is 0 Å². The first-order chi connectivity index (χ1) is 16.7. The van der Waals surface area contributed by atoms with Gasteiger partial charge in [-0.3, -0.25) is 4.68 Å². The van der Waals surface area contributed by atoms with Crippen molar-refractivity contribution in [1.82, 2.24) is 55.4 Å². The highest BCUT2D eigenvalue weighted by atomic mass is 16.3. The lowest BCUT2D eigenvalue weighted by Gasteiger charge is -2.11. The van der Waals surface area contributed by atoms with Crippen LogP contribution in [0, 0.1) is 0 Å². The van der Waals surface area contributed by atoms with Crippen LogP contribution >= 0.6 is 0 Å². The normalized spacial score (nSPS) is 18.0. The van der Waals surface area contributed by atoms with E-state index in [1.807, 2.05) is 41.3 Å². The number of hydrogen-bond acceptors (Lipinski definition) is 10. The smallest absolute Gasteiger partial charge is 0.225 e. The van der Waals surface area contributed by atoms with Gasteiger partial charge in [0.1, 0.15) is 5.82 Å². The van der Waals surface area contributed by atoms with Crippen molar-refractivity contribution >= 4 is 17.1 Å². The lowest BCUT2D eigenvalue weighted by Crippen LogP contribution is -2.18. The van der Waals surface area contributed by atoms with Crippen molar-refractivity contribution in [2.75, 3.05) is 5.32 Å². The van der Waals surface area contributed by atoms with Crippen LogP contribution in [-0.2, 0) is 13.0 Å². The third-order valence-electron chi connectivity index (χ3n) is 5.98. The minimum absolute atomic E-state index is 0.171. The molecule has 172 valence electrons. The second-order valence-corrected chi connectivity index (χ2v) is 8.35. The topological polar surface area (TPSA) is 161 Å². The Balaban J connectivity index is 1.19. The van der Waals surface area contributed by atoms with Crippen molar-refractivity contribution in [2.45, 2.75) is 44.4 Å². The summed E-state index contributed by atoms with van der Waals surface area (Å²) >= 11 is 0. The fourth-order valence-corrected chi connectivity index (χ4v) is 4.18. The molecule has 1 aliphatic carbocycles. The Morgan fingerprint density at radius 1 is 1.09 bits per heavy atom. The number of aromatic amines is 1. The Labute approximate surface area is 193 Å². The van der Waals surface area contributed by atoms with Crippen LogP contribution in [-0.4, -0.2) is 72.6 Å². The Bertz CT molecular complexity index is 1390. The van der Waals surface area contributed by atoms with Gasteiger partial charge in [-0.2, -0.15) is 14.8 Å². The molecule has 34 heavy (non-hydrogen) atoms. The van der Waals surface area contributed by atoms with E-state index in [1.165, 1.54) is 0 Å². The summed E-state index contributed by atoms with van der Waals surface area (Å²) < 4.78 is 3.57. The number of hydrogen-bond donors (Lipinski definition) is 3. The molecule has 0 unspecified atom stereocenters. The molecule has 0 spiro atoms. The van der Waals surface area contributed by atoms with Gasteiger partial charge in [0.2, 0.25) is 5.95 Å². The van der Waals surface area contributed by atoms with E-state index in [2.05, 4.69) is 51.3 Å². The van der Waals surface area contributed by atoms with Crippen LogP contribution in [0.4, 0.5) is 5.95 Å². The number of aromatic nitrogens is 11. The van der Waals surface area contributed by atoms with Crippen LogP contribution in [0.25, 0.3) is 28.0 Å². The maximum absolute atomic E-state index is 9.76. The SMILES string of the molecule is O[C@H]1CC[C@H](Nc2ncc3nnn(-c4ccc(-c5cnn(CCc6nnn[nH]6)c5)cc4)c3n2)C1. The molecule has 5 aromatic rings. The number of aliphatic hydroxyl groups excluding tert-OH is 1. The van der Waals surface area contributed by atoms with Crippen LogP contribution in [0.3, 0.4) is 0 Å². The summed E-state index contributed by atoms with van der Waals surface area (Å²) in [5.41, 5.74) is 4.14. The molecule has 1 aromatic carbocycles. The molecule has 4 aromatic heterocycles. The fourth-order valence-electron chi connectivity index (χ4n) is 4.18. The molecule has 13 heteroatoms. The second-order valence-electron chi connectivity index (χ2n) is 8.35. The third kappa shape index (κ3) is 4.08. The average Bonchev–Trinajstić information content (AvgIpc) is 3.65. The lowest BCUT2D eigenvalue weighted by atomic mass is 10.1. The van der Waals surface area contributed by atoms with E-state index in [0.29, 0.717) is 36.5 Å². The van der Waals surface area contributed by atoms with Gasteiger partial charge < -0.3 is 10.4 Å². The molecule has 0 aliphatic heterocycles. The summed E-state index contributed by atoms with van der Waals surface area (Å²) in [6.45, 7) is 0.676. The zero-order valence-electron chi connectivity index (χ0n) is 18.2. The maximum atomic E-state index is 9.76. The van der Waals surface area contributed by atoms with Crippen LogP contribution in [0.5, 0.6) is 0 Å². The van der Waals surface area contributed by atoms with Crippen LogP contribution in [0.1, 0.15) is 25.1 Å². The van der Waals surface area contributed by atoms with E-state index in [4.69, 9.17) is 0 Å². The summed E-state index contributed by atoms with van der Waals surface area (Å²) in [5, 5.41) is 39.8. The molecule has 0 bridgehead atoms. The Kier molecular flexibility index (Phi) is 5.14. The predicted octanol–water partition coefficient (Wildman–Crippen LogP) is 1.16. The largest absolute Gasteiger partial charge is 0.393 e. The van der Waals surface area contributed by atoms with Crippen LogP contribution in [0.2, 0.25) is 0 Å². The number of aryl methyl sites for hydroxylation is 2. The molecule has 4 heterocycles. The van der Waals surface area contributed by atoms with Gasteiger partial charge in [0.15, 0.2) is 11.2 Å². The number of rotatable bonds is 7. The predicted molar refractivity (Wildman–Crippen MR) is 121 cm³/mol. The summed E-state index contributed by atoms with van der Waals surface area (Å²) in [7, 11) is 0.